The smallest absolute Gasteiger partial charge is 0.209 e. The third kappa shape index (κ3) is 2.94. The van der Waals surface area contributed by atoms with Crippen LogP contribution < -0.4 is 4.74 Å². The van der Waals surface area contributed by atoms with Gasteiger partial charge in [-0.25, -0.2) is 0 Å². The van der Waals surface area contributed by atoms with Gasteiger partial charge in [-0.05, 0) is 43.3 Å². The summed E-state index contributed by atoms with van der Waals surface area (Å²) in [5, 5.41) is 0. The van der Waals surface area contributed by atoms with E-state index < -0.39 is 0 Å². The monoisotopic (exact) mass is 255 g/mol. The summed E-state index contributed by atoms with van der Waals surface area (Å²) in [5.41, 5.74) is 1.33. The number of ketones is 1. The molecule has 3 heteroatoms. The molecular weight excluding hydrogens is 238 g/mol. The minimum Gasteiger partial charge on any atom is -0.494 e. The molecule has 0 radical (unpaired) electrons. The minimum atomic E-state index is 0.00917. The van der Waals surface area contributed by atoms with Crippen LogP contribution in [0.2, 0.25) is 0 Å². The van der Waals surface area contributed by atoms with Gasteiger partial charge >= 0.3 is 0 Å². The normalized spacial score (nSPS) is 10.2. The summed E-state index contributed by atoms with van der Waals surface area (Å²) in [7, 11) is 0. The van der Waals surface area contributed by atoms with Gasteiger partial charge in [-0.15, -0.1) is 6.58 Å². The first kappa shape index (κ1) is 13.1. The van der Waals surface area contributed by atoms with Crippen LogP contribution in [0.15, 0.2) is 55.3 Å². The van der Waals surface area contributed by atoms with Gasteiger partial charge in [0.05, 0.1) is 12.3 Å². The highest BCUT2D eigenvalue weighted by atomic mass is 16.5. The molecule has 0 N–H and O–H groups in total. The summed E-state index contributed by atoms with van der Waals surface area (Å²) in [5.74, 6) is 0.787. The molecule has 0 aliphatic heterocycles. The molecule has 0 bridgehead atoms. The maximum atomic E-state index is 12.4. The number of aromatic nitrogens is 1. The molecule has 0 saturated heterocycles. The van der Waals surface area contributed by atoms with Crippen LogP contribution in [0.1, 0.15) is 23.0 Å². The zero-order chi connectivity index (χ0) is 13.7. The first-order valence-corrected chi connectivity index (χ1v) is 6.30. The van der Waals surface area contributed by atoms with E-state index in [4.69, 9.17) is 4.74 Å². The van der Waals surface area contributed by atoms with E-state index in [1.165, 1.54) is 0 Å². The Morgan fingerprint density at radius 2 is 2.05 bits per heavy atom. The Kier molecular flexibility index (Phi) is 4.18. The fourth-order valence-corrected chi connectivity index (χ4v) is 1.94. The second-order valence-corrected chi connectivity index (χ2v) is 4.12. The Hall–Kier alpha value is -2.29. The molecule has 2 rings (SSSR count). The van der Waals surface area contributed by atoms with E-state index in [0.29, 0.717) is 24.4 Å². The molecule has 2 aromatic rings. The largest absolute Gasteiger partial charge is 0.494 e. The first-order valence-electron chi connectivity index (χ1n) is 6.30. The van der Waals surface area contributed by atoms with Gasteiger partial charge in [-0.1, -0.05) is 6.08 Å². The molecular formula is C16H17NO2. The standard InChI is InChI=1S/C16H17NO2/c1-3-11-17-12-5-6-15(17)16(18)13-7-9-14(10-8-13)19-4-2/h3,5-10,12H,1,4,11H2,2H3. The predicted molar refractivity (Wildman–Crippen MR) is 75.7 cm³/mol. The molecule has 1 aromatic carbocycles. The van der Waals surface area contributed by atoms with Gasteiger partial charge in [0.15, 0.2) is 0 Å². The predicted octanol–water partition coefficient (Wildman–Crippen LogP) is 3.30. The van der Waals surface area contributed by atoms with Gasteiger partial charge in [0.25, 0.3) is 0 Å². The van der Waals surface area contributed by atoms with E-state index in [1.54, 1.807) is 18.2 Å². The molecule has 98 valence electrons. The van der Waals surface area contributed by atoms with Crippen LogP contribution in [-0.4, -0.2) is 17.0 Å². The van der Waals surface area contributed by atoms with Gasteiger partial charge in [0, 0.05) is 18.3 Å². The van der Waals surface area contributed by atoms with E-state index >= 15 is 0 Å². The fourth-order valence-electron chi connectivity index (χ4n) is 1.94. The van der Waals surface area contributed by atoms with Crippen molar-refractivity contribution >= 4 is 5.78 Å². The zero-order valence-corrected chi connectivity index (χ0v) is 11.0. The van der Waals surface area contributed by atoms with Crippen LogP contribution in [0.5, 0.6) is 5.75 Å². The maximum Gasteiger partial charge on any atom is 0.209 e. The molecule has 1 heterocycles. The molecule has 0 atom stereocenters. The van der Waals surface area contributed by atoms with Crippen molar-refractivity contribution in [1.29, 1.82) is 0 Å². The summed E-state index contributed by atoms with van der Waals surface area (Å²) in [4.78, 5) is 12.4. The highest BCUT2D eigenvalue weighted by Crippen LogP contribution is 2.16. The van der Waals surface area contributed by atoms with Crippen molar-refractivity contribution in [2.45, 2.75) is 13.5 Å². The van der Waals surface area contributed by atoms with Crippen LogP contribution >= 0.6 is 0 Å². The lowest BCUT2D eigenvalue weighted by molar-refractivity contribution is 0.103. The number of allylic oxidation sites excluding steroid dienone is 1. The summed E-state index contributed by atoms with van der Waals surface area (Å²) in [6, 6.07) is 10.9. The lowest BCUT2D eigenvalue weighted by Crippen LogP contribution is -2.09. The van der Waals surface area contributed by atoms with E-state index in [-0.39, 0.29) is 5.78 Å². The van der Waals surface area contributed by atoms with Gasteiger partial charge in [-0.2, -0.15) is 0 Å². The van der Waals surface area contributed by atoms with Crippen molar-refractivity contribution in [2.24, 2.45) is 0 Å². The van der Waals surface area contributed by atoms with Gasteiger partial charge in [0.2, 0.25) is 5.78 Å². The SMILES string of the molecule is C=CCn1cccc1C(=O)c1ccc(OCC)cc1. The molecule has 0 saturated carbocycles. The van der Waals surface area contributed by atoms with Crippen LogP contribution in [0.3, 0.4) is 0 Å². The number of hydrogen-bond acceptors (Lipinski definition) is 2. The van der Waals surface area contributed by atoms with E-state index in [2.05, 4.69) is 6.58 Å². The quantitative estimate of drug-likeness (QED) is 0.586. The van der Waals surface area contributed by atoms with Gasteiger partial charge in [0.1, 0.15) is 5.75 Å². The Morgan fingerprint density at radius 1 is 1.32 bits per heavy atom. The van der Waals surface area contributed by atoms with Crippen molar-refractivity contribution in [3.63, 3.8) is 0 Å². The maximum absolute atomic E-state index is 12.4. The van der Waals surface area contributed by atoms with Crippen LogP contribution in [0.4, 0.5) is 0 Å². The minimum absolute atomic E-state index is 0.00917. The Bertz CT molecular complexity index is 567. The fraction of sp³-hybridized carbons (Fsp3) is 0.188. The molecule has 3 nitrogen and oxygen atoms in total. The van der Waals surface area contributed by atoms with E-state index in [1.807, 2.05) is 42.0 Å². The second kappa shape index (κ2) is 6.05. The molecule has 0 unspecified atom stereocenters. The lowest BCUT2D eigenvalue weighted by atomic mass is 10.1. The van der Waals surface area contributed by atoms with Crippen LogP contribution in [-0.2, 0) is 6.54 Å². The highest BCUT2D eigenvalue weighted by Gasteiger charge is 2.12. The lowest BCUT2D eigenvalue weighted by Gasteiger charge is -2.07. The van der Waals surface area contributed by atoms with E-state index in [0.717, 1.165) is 5.75 Å². The topological polar surface area (TPSA) is 31.2 Å². The summed E-state index contributed by atoms with van der Waals surface area (Å²) in [6.07, 6.45) is 3.65. The molecule has 0 amide bonds. The second-order valence-electron chi connectivity index (χ2n) is 4.12. The number of carbonyl (C=O) groups excluding carboxylic acids is 1. The average molecular weight is 255 g/mol. The average Bonchev–Trinajstić information content (AvgIpc) is 2.88. The van der Waals surface area contributed by atoms with E-state index in [9.17, 15) is 4.79 Å². The van der Waals surface area contributed by atoms with Crippen molar-refractivity contribution in [3.05, 3.63) is 66.5 Å². The Labute approximate surface area is 113 Å². The number of rotatable bonds is 6. The zero-order valence-electron chi connectivity index (χ0n) is 11.0. The molecule has 0 aliphatic carbocycles. The number of benzene rings is 1. The molecule has 0 aliphatic rings. The molecule has 19 heavy (non-hydrogen) atoms. The Morgan fingerprint density at radius 3 is 2.68 bits per heavy atom. The highest BCUT2D eigenvalue weighted by molar-refractivity contribution is 6.08. The van der Waals surface area contributed by atoms with Gasteiger partial charge in [-0.3, -0.25) is 4.79 Å². The van der Waals surface area contributed by atoms with Crippen LogP contribution in [0.25, 0.3) is 0 Å². The van der Waals surface area contributed by atoms with Gasteiger partial charge < -0.3 is 9.30 Å². The van der Waals surface area contributed by atoms with Crippen molar-refractivity contribution in [3.8, 4) is 5.75 Å². The summed E-state index contributed by atoms with van der Waals surface area (Å²) >= 11 is 0. The number of ether oxygens (including phenoxy) is 1. The van der Waals surface area contributed by atoms with Crippen LogP contribution in [0, 0.1) is 0 Å². The number of hydrogen-bond donors (Lipinski definition) is 0. The van der Waals surface area contributed by atoms with Crippen molar-refractivity contribution < 1.29 is 9.53 Å². The Balaban J connectivity index is 2.23. The summed E-state index contributed by atoms with van der Waals surface area (Å²) < 4.78 is 7.24. The molecule has 1 aromatic heterocycles. The third-order valence-electron chi connectivity index (χ3n) is 2.82. The van der Waals surface area contributed by atoms with Crippen molar-refractivity contribution in [2.75, 3.05) is 6.61 Å². The van der Waals surface area contributed by atoms with Crippen molar-refractivity contribution in [1.82, 2.24) is 4.57 Å². The number of carbonyl (C=O) groups is 1. The number of nitrogens with zero attached hydrogens (tertiary/aromatic N) is 1. The molecule has 0 fully saturated rings. The first-order chi connectivity index (χ1) is 9.26. The summed E-state index contributed by atoms with van der Waals surface area (Å²) in [6.45, 7) is 6.87. The molecule has 0 spiro atoms. The third-order valence-corrected chi connectivity index (χ3v) is 2.82.